The van der Waals surface area contributed by atoms with Crippen LogP contribution in [0.4, 0.5) is 0 Å². The zero-order valence-corrected chi connectivity index (χ0v) is 9.02. The van der Waals surface area contributed by atoms with E-state index in [-0.39, 0.29) is 12.2 Å². The van der Waals surface area contributed by atoms with E-state index >= 15 is 0 Å². The molecule has 0 aromatic heterocycles. The van der Waals surface area contributed by atoms with Gasteiger partial charge >= 0.3 is 0 Å². The molecule has 0 aliphatic carbocycles. The Morgan fingerprint density at radius 3 is 1.36 bits per heavy atom. The molecule has 14 heavy (non-hydrogen) atoms. The van der Waals surface area contributed by atoms with Crippen LogP contribution in [0.2, 0.25) is 0 Å². The second-order valence-electron chi connectivity index (χ2n) is 5.46. The molecule has 4 unspecified atom stereocenters. The summed E-state index contributed by atoms with van der Waals surface area (Å²) < 4.78 is 10.9. The fourth-order valence-corrected chi connectivity index (χ4v) is 2.18. The van der Waals surface area contributed by atoms with E-state index in [0.717, 1.165) is 0 Å². The van der Waals surface area contributed by atoms with E-state index in [1.54, 1.807) is 0 Å². The van der Waals surface area contributed by atoms with E-state index in [1.165, 1.54) is 0 Å². The molecule has 2 fully saturated rings. The van der Waals surface area contributed by atoms with Gasteiger partial charge in [0, 0.05) is 10.8 Å². The normalized spacial score (nSPS) is 49.3. The van der Waals surface area contributed by atoms with Crippen molar-refractivity contribution in [1.82, 2.24) is 0 Å². The van der Waals surface area contributed by atoms with Crippen LogP contribution in [0.5, 0.6) is 0 Å². The van der Waals surface area contributed by atoms with Gasteiger partial charge in [-0.25, -0.2) is 0 Å². The monoisotopic (exact) mass is 202 g/mol. The van der Waals surface area contributed by atoms with Crippen LogP contribution in [-0.2, 0) is 9.47 Å². The van der Waals surface area contributed by atoms with Crippen LogP contribution < -0.4 is 0 Å². The smallest absolute Gasteiger partial charge is 0.162 e. The predicted octanol–water partition coefficient (Wildman–Crippen LogP) is 0.473. The van der Waals surface area contributed by atoms with Crippen molar-refractivity contribution >= 4 is 0 Å². The number of fused-ring (bicyclic) bond motifs is 1. The Hall–Kier alpha value is -0.160. The molecule has 82 valence electrons. The van der Waals surface area contributed by atoms with Crippen LogP contribution in [0.25, 0.3) is 0 Å². The molecule has 2 heterocycles. The average Bonchev–Trinajstić information content (AvgIpc) is 2.39. The average molecular weight is 202 g/mol. The number of aliphatic hydroxyl groups excluding tert-OH is 2. The van der Waals surface area contributed by atoms with E-state index in [2.05, 4.69) is 0 Å². The van der Waals surface area contributed by atoms with Crippen LogP contribution >= 0.6 is 0 Å². The van der Waals surface area contributed by atoms with Crippen molar-refractivity contribution in [2.45, 2.75) is 52.5 Å². The largest absolute Gasteiger partial charge is 0.367 e. The van der Waals surface area contributed by atoms with E-state index in [4.69, 9.17) is 9.47 Å². The number of ether oxygens (including phenoxy) is 2. The maximum absolute atomic E-state index is 9.70. The van der Waals surface area contributed by atoms with Crippen LogP contribution in [0, 0.1) is 10.8 Å². The van der Waals surface area contributed by atoms with E-state index in [1.807, 2.05) is 27.7 Å². The highest BCUT2D eigenvalue weighted by Gasteiger charge is 2.63. The van der Waals surface area contributed by atoms with Crippen molar-refractivity contribution in [2.24, 2.45) is 10.8 Å². The number of aliphatic hydroxyl groups is 2. The third-order valence-corrected chi connectivity index (χ3v) is 3.57. The highest BCUT2D eigenvalue weighted by atomic mass is 16.7. The minimum absolute atomic E-state index is 0.234. The molecule has 0 aromatic carbocycles. The summed E-state index contributed by atoms with van der Waals surface area (Å²) in [6.07, 6.45) is -2.10. The highest BCUT2D eigenvalue weighted by Crippen LogP contribution is 2.51. The Balaban J connectivity index is 2.31. The second kappa shape index (κ2) is 2.70. The maximum atomic E-state index is 9.70. The Morgan fingerprint density at radius 2 is 1.07 bits per heavy atom. The SMILES string of the molecule is CC1(C)C(O)OC2C1OC(O)C2(C)C. The summed E-state index contributed by atoms with van der Waals surface area (Å²) in [5.41, 5.74) is -0.918. The summed E-state index contributed by atoms with van der Waals surface area (Å²) in [6, 6.07) is 0. The van der Waals surface area contributed by atoms with Gasteiger partial charge in [0.2, 0.25) is 0 Å². The van der Waals surface area contributed by atoms with Gasteiger partial charge in [-0.1, -0.05) is 27.7 Å². The highest BCUT2D eigenvalue weighted by molar-refractivity contribution is 5.05. The van der Waals surface area contributed by atoms with Crippen molar-refractivity contribution in [2.75, 3.05) is 0 Å². The maximum Gasteiger partial charge on any atom is 0.162 e. The van der Waals surface area contributed by atoms with Crippen LogP contribution in [0.1, 0.15) is 27.7 Å². The second-order valence-corrected chi connectivity index (χ2v) is 5.46. The summed E-state index contributed by atoms with van der Waals surface area (Å²) in [5.74, 6) is 0. The van der Waals surface area contributed by atoms with Gasteiger partial charge in [0.15, 0.2) is 12.6 Å². The first-order valence-electron chi connectivity index (χ1n) is 4.95. The first-order chi connectivity index (χ1) is 6.28. The van der Waals surface area contributed by atoms with Gasteiger partial charge in [-0.05, 0) is 0 Å². The number of hydrogen-bond acceptors (Lipinski definition) is 4. The third-order valence-electron chi connectivity index (χ3n) is 3.57. The quantitative estimate of drug-likeness (QED) is 0.599. The fourth-order valence-electron chi connectivity index (χ4n) is 2.18. The van der Waals surface area contributed by atoms with Crippen molar-refractivity contribution in [3.05, 3.63) is 0 Å². The Bertz CT molecular complexity index is 223. The zero-order valence-electron chi connectivity index (χ0n) is 9.02. The summed E-state index contributed by atoms with van der Waals surface area (Å²) in [6.45, 7) is 7.54. The standard InChI is InChI=1S/C10H18O4/c1-9(2)5-6(14-7(9)11)10(3,4)8(12)13-5/h5-8,11-12H,1-4H3. The molecule has 0 spiro atoms. The molecule has 0 radical (unpaired) electrons. The van der Waals surface area contributed by atoms with Crippen LogP contribution in [0.3, 0.4) is 0 Å². The molecule has 2 aliphatic heterocycles. The van der Waals surface area contributed by atoms with Crippen molar-refractivity contribution < 1.29 is 19.7 Å². The van der Waals surface area contributed by atoms with Gasteiger partial charge in [0.05, 0.1) is 12.2 Å². The first-order valence-corrected chi connectivity index (χ1v) is 4.95. The van der Waals surface area contributed by atoms with Gasteiger partial charge in [-0.15, -0.1) is 0 Å². The fraction of sp³-hybridized carbons (Fsp3) is 1.00. The molecule has 2 aliphatic rings. The summed E-state index contributed by atoms with van der Waals surface area (Å²) in [5, 5.41) is 19.4. The van der Waals surface area contributed by atoms with Gasteiger partial charge in [0.1, 0.15) is 0 Å². The molecule has 4 nitrogen and oxygen atoms in total. The molecule has 2 saturated heterocycles. The van der Waals surface area contributed by atoms with E-state index in [0.29, 0.717) is 0 Å². The van der Waals surface area contributed by atoms with Gasteiger partial charge in [-0.3, -0.25) is 0 Å². The topological polar surface area (TPSA) is 58.9 Å². The molecular weight excluding hydrogens is 184 g/mol. The number of rotatable bonds is 0. The Labute approximate surface area is 83.8 Å². The summed E-state index contributed by atoms with van der Waals surface area (Å²) >= 11 is 0. The van der Waals surface area contributed by atoms with Gasteiger partial charge < -0.3 is 19.7 Å². The van der Waals surface area contributed by atoms with Gasteiger partial charge in [-0.2, -0.15) is 0 Å². The predicted molar refractivity (Wildman–Crippen MR) is 49.3 cm³/mol. The minimum atomic E-state index is -0.815. The zero-order chi connectivity index (χ0) is 10.7. The van der Waals surface area contributed by atoms with Crippen LogP contribution in [-0.4, -0.2) is 35.0 Å². The first kappa shape index (κ1) is 10.4. The van der Waals surface area contributed by atoms with E-state index < -0.39 is 23.4 Å². The summed E-state index contributed by atoms with van der Waals surface area (Å²) in [4.78, 5) is 0. The van der Waals surface area contributed by atoms with Crippen molar-refractivity contribution in [3.63, 3.8) is 0 Å². The molecule has 0 amide bonds. The van der Waals surface area contributed by atoms with Crippen molar-refractivity contribution in [3.8, 4) is 0 Å². The lowest BCUT2D eigenvalue weighted by Crippen LogP contribution is -2.36. The molecular formula is C10H18O4. The molecule has 4 atom stereocenters. The molecule has 2 N–H and O–H groups in total. The molecule has 2 rings (SSSR count). The molecule has 0 aromatic rings. The Kier molecular flexibility index (Phi) is 2.00. The lowest BCUT2D eigenvalue weighted by Gasteiger charge is -2.28. The van der Waals surface area contributed by atoms with Crippen LogP contribution in [0.15, 0.2) is 0 Å². The van der Waals surface area contributed by atoms with Crippen molar-refractivity contribution in [1.29, 1.82) is 0 Å². The molecule has 0 saturated carbocycles. The molecule has 4 heteroatoms. The third kappa shape index (κ3) is 1.08. The lowest BCUT2D eigenvalue weighted by molar-refractivity contribution is -0.199. The minimum Gasteiger partial charge on any atom is -0.367 e. The molecule has 0 bridgehead atoms. The lowest BCUT2D eigenvalue weighted by atomic mass is 9.79. The Morgan fingerprint density at radius 1 is 0.786 bits per heavy atom. The van der Waals surface area contributed by atoms with E-state index in [9.17, 15) is 10.2 Å². The number of hydrogen-bond donors (Lipinski definition) is 2. The summed E-state index contributed by atoms with van der Waals surface area (Å²) in [7, 11) is 0. The van der Waals surface area contributed by atoms with Gasteiger partial charge in [0.25, 0.3) is 0 Å².